The number of benzene rings is 2. The monoisotopic (exact) mass is 305 g/mol. The SMILES string of the molecule is COc1ccc(C)cc1NCc1cccc(Br)c1. The predicted octanol–water partition coefficient (Wildman–Crippen LogP) is 4.38. The smallest absolute Gasteiger partial charge is 0.141 e. The number of hydrogen-bond acceptors (Lipinski definition) is 2. The normalized spacial score (nSPS) is 10.2. The van der Waals surface area contributed by atoms with Crippen LogP contribution in [0.2, 0.25) is 0 Å². The maximum absolute atomic E-state index is 5.34. The van der Waals surface area contributed by atoms with Crippen molar-refractivity contribution in [2.45, 2.75) is 13.5 Å². The third-order valence-electron chi connectivity index (χ3n) is 2.73. The predicted molar refractivity (Wildman–Crippen MR) is 79.2 cm³/mol. The highest BCUT2D eigenvalue weighted by atomic mass is 79.9. The highest BCUT2D eigenvalue weighted by molar-refractivity contribution is 9.10. The largest absolute Gasteiger partial charge is 0.495 e. The summed E-state index contributed by atoms with van der Waals surface area (Å²) < 4.78 is 6.44. The van der Waals surface area contributed by atoms with Gasteiger partial charge in [-0.15, -0.1) is 0 Å². The lowest BCUT2D eigenvalue weighted by Crippen LogP contribution is -2.01. The molecule has 94 valence electrons. The molecule has 0 heterocycles. The van der Waals surface area contributed by atoms with E-state index in [0.29, 0.717) is 0 Å². The van der Waals surface area contributed by atoms with E-state index in [1.165, 1.54) is 11.1 Å². The number of anilines is 1. The maximum atomic E-state index is 5.34. The van der Waals surface area contributed by atoms with Crippen LogP contribution in [0.1, 0.15) is 11.1 Å². The molecule has 0 aliphatic carbocycles. The second kappa shape index (κ2) is 5.91. The lowest BCUT2D eigenvalue weighted by molar-refractivity contribution is 0.416. The number of rotatable bonds is 4. The molecule has 0 aliphatic heterocycles. The first-order chi connectivity index (χ1) is 8.69. The first-order valence-electron chi connectivity index (χ1n) is 5.82. The van der Waals surface area contributed by atoms with E-state index >= 15 is 0 Å². The molecule has 0 atom stereocenters. The van der Waals surface area contributed by atoms with Crippen LogP contribution in [0.25, 0.3) is 0 Å². The Bertz CT molecular complexity index is 540. The third-order valence-corrected chi connectivity index (χ3v) is 3.22. The van der Waals surface area contributed by atoms with Crippen molar-refractivity contribution >= 4 is 21.6 Å². The van der Waals surface area contributed by atoms with Gasteiger partial charge in [0.1, 0.15) is 5.75 Å². The number of methoxy groups -OCH3 is 1. The van der Waals surface area contributed by atoms with Crippen molar-refractivity contribution < 1.29 is 4.74 Å². The van der Waals surface area contributed by atoms with Crippen molar-refractivity contribution in [3.05, 3.63) is 58.1 Å². The summed E-state index contributed by atoms with van der Waals surface area (Å²) in [5.74, 6) is 0.871. The van der Waals surface area contributed by atoms with Crippen molar-refractivity contribution in [2.75, 3.05) is 12.4 Å². The molecule has 0 saturated heterocycles. The minimum Gasteiger partial charge on any atom is -0.495 e. The summed E-state index contributed by atoms with van der Waals surface area (Å²) in [4.78, 5) is 0. The van der Waals surface area contributed by atoms with Gasteiger partial charge in [-0.2, -0.15) is 0 Å². The van der Waals surface area contributed by atoms with Gasteiger partial charge in [-0.05, 0) is 42.3 Å². The van der Waals surface area contributed by atoms with Gasteiger partial charge in [0.25, 0.3) is 0 Å². The Balaban J connectivity index is 2.12. The van der Waals surface area contributed by atoms with E-state index in [4.69, 9.17) is 4.74 Å². The quantitative estimate of drug-likeness (QED) is 0.905. The van der Waals surface area contributed by atoms with Gasteiger partial charge in [-0.25, -0.2) is 0 Å². The van der Waals surface area contributed by atoms with Crippen LogP contribution in [0.3, 0.4) is 0 Å². The van der Waals surface area contributed by atoms with Crippen molar-refractivity contribution in [2.24, 2.45) is 0 Å². The van der Waals surface area contributed by atoms with E-state index in [2.05, 4.69) is 46.4 Å². The van der Waals surface area contributed by atoms with E-state index in [-0.39, 0.29) is 0 Å². The Kier molecular flexibility index (Phi) is 4.26. The molecule has 0 saturated carbocycles. The standard InChI is InChI=1S/C15H16BrNO/c1-11-6-7-15(18-2)14(8-11)17-10-12-4-3-5-13(16)9-12/h3-9,17H,10H2,1-2H3. The Labute approximate surface area is 116 Å². The highest BCUT2D eigenvalue weighted by Crippen LogP contribution is 2.25. The molecule has 2 nitrogen and oxygen atoms in total. The van der Waals surface area contributed by atoms with Crippen molar-refractivity contribution in [3.63, 3.8) is 0 Å². The number of aryl methyl sites for hydroxylation is 1. The molecule has 0 amide bonds. The highest BCUT2D eigenvalue weighted by Gasteiger charge is 2.02. The Hall–Kier alpha value is -1.48. The zero-order chi connectivity index (χ0) is 13.0. The van der Waals surface area contributed by atoms with Gasteiger partial charge in [0, 0.05) is 11.0 Å². The fraction of sp³-hybridized carbons (Fsp3) is 0.200. The van der Waals surface area contributed by atoms with Gasteiger partial charge in [-0.3, -0.25) is 0 Å². The van der Waals surface area contributed by atoms with Gasteiger partial charge in [0.05, 0.1) is 12.8 Å². The molecule has 0 aliphatic rings. The van der Waals surface area contributed by atoms with Gasteiger partial charge < -0.3 is 10.1 Å². The average Bonchev–Trinajstić information content (AvgIpc) is 2.37. The average molecular weight is 306 g/mol. The summed E-state index contributed by atoms with van der Waals surface area (Å²) in [5.41, 5.74) is 3.47. The van der Waals surface area contributed by atoms with Crippen LogP contribution in [0.5, 0.6) is 5.75 Å². The molecule has 0 aromatic heterocycles. The summed E-state index contributed by atoms with van der Waals surface area (Å²) in [7, 11) is 1.69. The molecule has 0 fully saturated rings. The molecule has 3 heteroatoms. The van der Waals surface area contributed by atoms with Crippen LogP contribution in [0.15, 0.2) is 46.9 Å². The Morgan fingerprint density at radius 1 is 1.17 bits per heavy atom. The van der Waals surface area contributed by atoms with Gasteiger partial charge in [0.15, 0.2) is 0 Å². The van der Waals surface area contributed by atoms with Gasteiger partial charge in [-0.1, -0.05) is 34.1 Å². The van der Waals surface area contributed by atoms with Gasteiger partial charge >= 0.3 is 0 Å². The molecule has 1 N–H and O–H groups in total. The van der Waals surface area contributed by atoms with E-state index in [1.807, 2.05) is 24.3 Å². The molecule has 2 rings (SSSR count). The number of halogens is 1. The molecule has 18 heavy (non-hydrogen) atoms. The fourth-order valence-electron chi connectivity index (χ4n) is 1.80. The van der Waals surface area contributed by atoms with E-state index in [9.17, 15) is 0 Å². The lowest BCUT2D eigenvalue weighted by Gasteiger charge is -2.12. The molecule has 0 bridgehead atoms. The maximum Gasteiger partial charge on any atom is 0.141 e. The first-order valence-corrected chi connectivity index (χ1v) is 6.61. The Morgan fingerprint density at radius 2 is 2.00 bits per heavy atom. The molecule has 2 aromatic rings. The second-order valence-electron chi connectivity index (χ2n) is 4.19. The van der Waals surface area contributed by atoms with Crippen LogP contribution in [0.4, 0.5) is 5.69 Å². The van der Waals surface area contributed by atoms with Crippen LogP contribution in [-0.2, 0) is 6.54 Å². The van der Waals surface area contributed by atoms with Crippen LogP contribution >= 0.6 is 15.9 Å². The van der Waals surface area contributed by atoms with E-state index in [1.54, 1.807) is 7.11 Å². The number of hydrogen-bond donors (Lipinski definition) is 1. The molecule has 0 radical (unpaired) electrons. The minimum absolute atomic E-state index is 0.777. The summed E-state index contributed by atoms with van der Waals surface area (Å²) in [6.45, 7) is 2.85. The summed E-state index contributed by atoms with van der Waals surface area (Å²) in [5, 5.41) is 3.40. The van der Waals surface area contributed by atoms with Crippen LogP contribution < -0.4 is 10.1 Å². The van der Waals surface area contributed by atoms with E-state index in [0.717, 1.165) is 22.5 Å². The molecule has 2 aromatic carbocycles. The topological polar surface area (TPSA) is 21.3 Å². The lowest BCUT2D eigenvalue weighted by atomic mass is 10.2. The fourth-order valence-corrected chi connectivity index (χ4v) is 2.25. The Morgan fingerprint density at radius 3 is 2.72 bits per heavy atom. The van der Waals surface area contributed by atoms with Crippen LogP contribution in [0, 0.1) is 6.92 Å². The zero-order valence-electron chi connectivity index (χ0n) is 10.5. The van der Waals surface area contributed by atoms with Crippen molar-refractivity contribution in [1.29, 1.82) is 0 Å². The number of ether oxygens (including phenoxy) is 1. The van der Waals surface area contributed by atoms with Crippen LogP contribution in [-0.4, -0.2) is 7.11 Å². The third kappa shape index (κ3) is 3.26. The number of nitrogens with one attached hydrogen (secondary N) is 1. The molecule has 0 spiro atoms. The summed E-state index contributed by atoms with van der Waals surface area (Å²) in [6.07, 6.45) is 0. The minimum atomic E-state index is 0.777. The molecule has 0 unspecified atom stereocenters. The first kappa shape index (κ1) is 13.0. The van der Waals surface area contributed by atoms with Crippen molar-refractivity contribution in [1.82, 2.24) is 0 Å². The van der Waals surface area contributed by atoms with Gasteiger partial charge in [0.2, 0.25) is 0 Å². The molecular weight excluding hydrogens is 290 g/mol. The summed E-state index contributed by atoms with van der Waals surface area (Å²) in [6, 6.07) is 14.4. The molecular formula is C15H16BrNO. The van der Waals surface area contributed by atoms with E-state index < -0.39 is 0 Å². The van der Waals surface area contributed by atoms with Crippen molar-refractivity contribution in [3.8, 4) is 5.75 Å². The summed E-state index contributed by atoms with van der Waals surface area (Å²) >= 11 is 3.48. The second-order valence-corrected chi connectivity index (χ2v) is 5.10. The zero-order valence-corrected chi connectivity index (χ0v) is 12.1.